The molecule has 0 aliphatic carbocycles. The Hall–Kier alpha value is -2.73. The van der Waals surface area contributed by atoms with Crippen LogP contribution in [0.5, 0.6) is 0 Å². The summed E-state index contributed by atoms with van der Waals surface area (Å²) < 4.78 is 13.2. The topological polar surface area (TPSA) is 69.2 Å². The van der Waals surface area contributed by atoms with Crippen molar-refractivity contribution in [3.63, 3.8) is 0 Å². The molecule has 122 valence electrons. The Labute approximate surface area is 137 Å². The number of likely N-dealkylation sites (tertiary alicyclic amines) is 1. The molecule has 1 amide bonds. The average Bonchev–Trinajstić information content (AvgIpc) is 3.19. The Morgan fingerprint density at radius 1 is 1.21 bits per heavy atom. The summed E-state index contributed by atoms with van der Waals surface area (Å²) in [5.74, 6) is -0.563. The minimum absolute atomic E-state index is 0.238. The molecule has 0 bridgehead atoms. The van der Waals surface area contributed by atoms with Gasteiger partial charge in [-0.05, 0) is 30.2 Å². The average molecular weight is 325 g/mol. The second-order valence-corrected chi connectivity index (χ2v) is 6.03. The molecule has 2 N–H and O–H groups in total. The molecule has 24 heavy (non-hydrogen) atoms. The third-order valence-corrected chi connectivity index (χ3v) is 4.47. The fourth-order valence-electron chi connectivity index (χ4n) is 3.30. The number of aromatic nitrogens is 2. The zero-order valence-corrected chi connectivity index (χ0v) is 12.8. The maximum absolute atomic E-state index is 13.2. The van der Waals surface area contributed by atoms with Gasteiger partial charge in [0.1, 0.15) is 5.82 Å². The molecular weight excluding hydrogens is 309 g/mol. The van der Waals surface area contributed by atoms with Crippen molar-refractivity contribution < 1.29 is 14.3 Å². The van der Waals surface area contributed by atoms with Crippen molar-refractivity contribution >= 4 is 16.8 Å². The van der Waals surface area contributed by atoms with Crippen molar-refractivity contribution in [1.82, 2.24) is 15.1 Å². The molecule has 0 unspecified atom stereocenters. The molecule has 4 rings (SSSR count). The number of hydrogen-bond acceptors (Lipinski definition) is 3. The van der Waals surface area contributed by atoms with Gasteiger partial charge >= 0.3 is 0 Å². The molecular formula is C18H16FN3O2. The minimum atomic E-state index is -0.603. The molecule has 1 fully saturated rings. The lowest BCUT2D eigenvalue weighted by atomic mass is 10.0. The quantitative estimate of drug-likeness (QED) is 0.761. The summed E-state index contributed by atoms with van der Waals surface area (Å²) in [6, 6.07) is 13.2. The Morgan fingerprint density at radius 3 is 2.75 bits per heavy atom. The van der Waals surface area contributed by atoms with Crippen LogP contribution in [0.3, 0.4) is 0 Å². The number of aliphatic hydroxyl groups is 1. The van der Waals surface area contributed by atoms with Crippen molar-refractivity contribution in [1.29, 1.82) is 0 Å². The van der Waals surface area contributed by atoms with Gasteiger partial charge in [0.2, 0.25) is 0 Å². The Morgan fingerprint density at radius 2 is 1.96 bits per heavy atom. The van der Waals surface area contributed by atoms with E-state index >= 15 is 0 Å². The number of nitrogens with one attached hydrogen (secondary N) is 1. The molecule has 1 aliphatic heterocycles. The standard InChI is InChI=1S/C18H16FN3O2/c19-12-7-5-11(6-8-12)16-9-13(23)10-22(16)18(24)17-14-3-1-2-4-15(14)20-21-17/h1-8,13,16,23H,9-10H2,(H,20,21)/t13-,16+/m0/s1. The monoisotopic (exact) mass is 325 g/mol. The van der Waals surface area contributed by atoms with Gasteiger partial charge in [-0.2, -0.15) is 5.10 Å². The maximum atomic E-state index is 13.2. The Kier molecular flexibility index (Phi) is 3.54. The number of aliphatic hydroxyl groups excluding tert-OH is 1. The van der Waals surface area contributed by atoms with Crippen LogP contribution in [0.1, 0.15) is 28.5 Å². The predicted molar refractivity (Wildman–Crippen MR) is 86.9 cm³/mol. The molecule has 0 saturated carbocycles. The number of carbonyl (C=O) groups is 1. The van der Waals surface area contributed by atoms with Crippen LogP contribution in [0.2, 0.25) is 0 Å². The highest BCUT2D eigenvalue weighted by atomic mass is 19.1. The van der Waals surface area contributed by atoms with Gasteiger partial charge in [-0.15, -0.1) is 0 Å². The highest BCUT2D eigenvalue weighted by Gasteiger charge is 2.37. The van der Waals surface area contributed by atoms with E-state index in [0.717, 1.165) is 16.5 Å². The van der Waals surface area contributed by atoms with E-state index in [1.165, 1.54) is 12.1 Å². The number of benzene rings is 2. The summed E-state index contributed by atoms with van der Waals surface area (Å²) in [4.78, 5) is 14.6. The lowest BCUT2D eigenvalue weighted by molar-refractivity contribution is 0.0711. The van der Waals surface area contributed by atoms with E-state index in [2.05, 4.69) is 10.2 Å². The first-order valence-electron chi connectivity index (χ1n) is 7.81. The summed E-state index contributed by atoms with van der Waals surface area (Å²) >= 11 is 0. The van der Waals surface area contributed by atoms with Crippen molar-refractivity contribution in [3.05, 3.63) is 65.6 Å². The van der Waals surface area contributed by atoms with Gasteiger partial charge in [-0.25, -0.2) is 4.39 Å². The number of para-hydroxylation sites is 1. The van der Waals surface area contributed by atoms with Gasteiger partial charge in [0, 0.05) is 11.9 Å². The number of β-amino-alcohol motifs (C(OH)–C–C–N with tert-alkyl or cyclic N) is 1. The van der Waals surface area contributed by atoms with Crippen LogP contribution < -0.4 is 0 Å². The van der Waals surface area contributed by atoms with E-state index in [1.54, 1.807) is 17.0 Å². The fourth-order valence-corrected chi connectivity index (χ4v) is 3.30. The number of fused-ring (bicyclic) bond motifs is 1. The van der Waals surface area contributed by atoms with Crippen molar-refractivity contribution in [2.75, 3.05) is 6.54 Å². The van der Waals surface area contributed by atoms with E-state index in [9.17, 15) is 14.3 Å². The van der Waals surface area contributed by atoms with Gasteiger partial charge in [0.15, 0.2) is 5.69 Å². The summed E-state index contributed by atoms with van der Waals surface area (Å²) in [6.07, 6.45) is -0.172. The SMILES string of the molecule is O=C(c1n[nH]c2ccccc12)N1C[C@@H](O)C[C@@H]1c1ccc(F)cc1. The third kappa shape index (κ3) is 2.45. The summed E-state index contributed by atoms with van der Waals surface area (Å²) in [6.45, 7) is 0.238. The number of H-pyrrole nitrogens is 1. The van der Waals surface area contributed by atoms with Crippen LogP contribution in [0, 0.1) is 5.82 Å². The van der Waals surface area contributed by atoms with E-state index in [1.807, 2.05) is 24.3 Å². The Balaban J connectivity index is 1.70. The van der Waals surface area contributed by atoms with Gasteiger partial charge in [-0.1, -0.05) is 30.3 Å². The smallest absolute Gasteiger partial charge is 0.275 e. The summed E-state index contributed by atoms with van der Waals surface area (Å²) in [5.41, 5.74) is 1.94. The first kappa shape index (κ1) is 14.8. The number of carbonyl (C=O) groups excluding carboxylic acids is 1. The highest BCUT2D eigenvalue weighted by Crippen LogP contribution is 2.34. The lowest BCUT2D eigenvalue weighted by Crippen LogP contribution is -2.32. The second kappa shape index (κ2) is 5.72. The van der Waals surface area contributed by atoms with Crippen molar-refractivity contribution in [2.45, 2.75) is 18.6 Å². The number of halogens is 1. The van der Waals surface area contributed by atoms with E-state index in [-0.39, 0.29) is 24.3 Å². The van der Waals surface area contributed by atoms with Gasteiger partial charge in [0.25, 0.3) is 5.91 Å². The van der Waals surface area contributed by atoms with Crippen molar-refractivity contribution in [2.24, 2.45) is 0 Å². The number of aromatic amines is 1. The molecule has 0 radical (unpaired) electrons. The second-order valence-electron chi connectivity index (χ2n) is 6.03. The van der Waals surface area contributed by atoms with Crippen molar-refractivity contribution in [3.8, 4) is 0 Å². The van der Waals surface area contributed by atoms with Crippen LogP contribution in [-0.2, 0) is 0 Å². The molecule has 1 saturated heterocycles. The predicted octanol–water partition coefficient (Wildman–Crippen LogP) is 2.65. The lowest BCUT2D eigenvalue weighted by Gasteiger charge is -2.24. The zero-order valence-electron chi connectivity index (χ0n) is 12.8. The largest absolute Gasteiger partial charge is 0.391 e. The number of hydrogen-bond donors (Lipinski definition) is 2. The van der Waals surface area contributed by atoms with Crippen LogP contribution in [0.25, 0.3) is 10.9 Å². The first-order valence-corrected chi connectivity index (χ1v) is 7.81. The summed E-state index contributed by atoms with van der Waals surface area (Å²) in [5, 5.41) is 17.8. The molecule has 1 aromatic heterocycles. The molecule has 5 nitrogen and oxygen atoms in total. The van der Waals surface area contributed by atoms with Gasteiger partial charge < -0.3 is 10.0 Å². The molecule has 0 spiro atoms. The number of amides is 1. The molecule has 2 aromatic carbocycles. The first-order chi connectivity index (χ1) is 11.6. The van der Waals surface area contributed by atoms with E-state index < -0.39 is 6.10 Å². The van der Waals surface area contributed by atoms with Gasteiger partial charge in [-0.3, -0.25) is 9.89 Å². The third-order valence-electron chi connectivity index (χ3n) is 4.47. The van der Waals surface area contributed by atoms with Crippen LogP contribution in [-0.4, -0.2) is 38.8 Å². The maximum Gasteiger partial charge on any atom is 0.275 e. The summed E-state index contributed by atoms with van der Waals surface area (Å²) in [7, 11) is 0. The minimum Gasteiger partial charge on any atom is -0.391 e. The fraction of sp³-hybridized carbons (Fsp3) is 0.222. The van der Waals surface area contributed by atoms with Gasteiger partial charge in [0.05, 0.1) is 17.7 Å². The Bertz CT molecular complexity index is 891. The molecule has 6 heteroatoms. The number of rotatable bonds is 2. The van der Waals surface area contributed by atoms with Crippen LogP contribution in [0.15, 0.2) is 48.5 Å². The number of nitrogens with zero attached hydrogens (tertiary/aromatic N) is 2. The van der Waals surface area contributed by atoms with E-state index in [4.69, 9.17) is 0 Å². The zero-order chi connectivity index (χ0) is 16.7. The molecule has 2 atom stereocenters. The molecule has 3 aromatic rings. The van der Waals surface area contributed by atoms with E-state index in [0.29, 0.717) is 12.1 Å². The van der Waals surface area contributed by atoms with Crippen LogP contribution in [0.4, 0.5) is 4.39 Å². The highest BCUT2D eigenvalue weighted by molar-refractivity contribution is 6.04. The van der Waals surface area contributed by atoms with Crippen LogP contribution >= 0.6 is 0 Å². The molecule has 2 heterocycles. The normalized spacial score (nSPS) is 20.7. The molecule has 1 aliphatic rings.